The van der Waals surface area contributed by atoms with Crippen LogP contribution in [0, 0.1) is 0 Å². The molecule has 1 aliphatic rings. The summed E-state index contributed by atoms with van der Waals surface area (Å²) in [7, 11) is 1.64. The summed E-state index contributed by atoms with van der Waals surface area (Å²) in [6.45, 7) is 0. The number of benzene rings is 3. The van der Waals surface area contributed by atoms with Gasteiger partial charge in [0.25, 0.3) is 17.8 Å². The molecule has 7 nitrogen and oxygen atoms in total. The Balaban J connectivity index is 1.45. The first-order valence-corrected chi connectivity index (χ1v) is 11.5. The van der Waals surface area contributed by atoms with Gasteiger partial charge >= 0.3 is 0 Å². The van der Waals surface area contributed by atoms with Crippen molar-refractivity contribution in [1.82, 2.24) is 14.8 Å². The summed E-state index contributed by atoms with van der Waals surface area (Å²) in [4.78, 5) is 21.8. The molecule has 8 heteroatoms. The average molecular weight is 484 g/mol. The minimum atomic E-state index is -0.360. The SMILES string of the molecule is COc1ccc(C2CC(c3ccccc3)=Nc3nc(NC(=O)/C=C/c4ccccc4Cl)nn32)cc1. The van der Waals surface area contributed by atoms with Crippen LogP contribution in [0.1, 0.15) is 29.2 Å². The fourth-order valence-electron chi connectivity index (χ4n) is 3.91. The molecular weight excluding hydrogens is 462 g/mol. The second kappa shape index (κ2) is 9.95. The summed E-state index contributed by atoms with van der Waals surface area (Å²) in [6, 6.07) is 25.0. The summed E-state index contributed by atoms with van der Waals surface area (Å²) in [5.74, 6) is 1.03. The molecule has 174 valence electrons. The third kappa shape index (κ3) is 5.00. The maximum Gasteiger partial charge on any atom is 0.250 e. The third-order valence-electron chi connectivity index (χ3n) is 5.69. The summed E-state index contributed by atoms with van der Waals surface area (Å²) >= 11 is 6.16. The molecule has 4 aromatic rings. The molecule has 0 fully saturated rings. The Morgan fingerprint density at radius 1 is 1.06 bits per heavy atom. The highest BCUT2D eigenvalue weighted by atomic mass is 35.5. The number of aromatic nitrogens is 3. The Kier molecular flexibility index (Phi) is 6.41. The van der Waals surface area contributed by atoms with E-state index in [1.165, 1.54) is 6.08 Å². The molecule has 0 bridgehead atoms. The number of nitrogens with one attached hydrogen (secondary N) is 1. The van der Waals surface area contributed by atoms with Gasteiger partial charge in [0.2, 0.25) is 0 Å². The van der Waals surface area contributed by atoms with Crippen molar-refractivity contribution >= 4 is 41.2 Å². The topological polar surface area (TPSA) is 81.4 Å². The number of methoxy groups -OCH3 is 1. The van der Waals surface area contributed by atoms with Gasteiger partial charge in [-0.25, -0.2) is 9.67 Å². The zero-order chi connectivity index (χ0) is 24.2. The number of fused-ring (bicyclic) bond motifs is 1. The van der Waals surface area contributed by atoms with Crippen molar-refractivity contribution in [2.24, 2.45) is 4.99 Å². The number of carbonyl (C=O) groups excluding carboxylic acids is 1. The highest BCUT2D eigenvalue weighted by molar-refractivity contribution is 6.32. The van der Waals surface area contributed by atoms with Crippen LogP contribution in [0.4, 0.5) is 11.9 Å². The van der Waals surface area contributed by atoms with Gasteiger partial charge in [0.15, 0.2) is 0 Å². The standard InChI is InChI=1S/C27H22ClN5O2/c1-35-21-14-11-20(12-15-21)24-17-23(19-8-3-2-4-9-19)29-27-31-26(32-33(24)27)30-25(34)16-13-18-7-5-6-10-22(18)28/h2-16,24H,17H2,1H3,(H,30,32,34)/b16-13+. The van der Waals surface area contributed by atoms with Crippen LogP contribution < -0.4 is 10.1 Å². The number of hydrogen-bond acceptors (Lipinski definition) is 5. The molecule has 0 radical (unpaired) electrons. The molecular formula is C27H22ClN5O2. The van der Waals surface area contributed by atoms with Crippen LogP contribution in [0.3, 0.4) is 0 Å². The second-order valence-electron chi connectivity index (χ2n) is 7.94. The minimum Gasteiger partial charge on any atom is -0.497 e. The van der Waals surface area contributed by atoms with Crippen LogP contribution in [0.5, 0.6) is 5.75 Å². The first-order valence-electron chi connectivity index (χ1n) is 11.1. The number of carbonyl (C=O) groups is 1. The Hall–Kier alpha value is -4.23. The van der Waals surface area contributed by atoms with Gasteiger partial charge in [0.1, 0.15) is 5.75 Å². The molecule has 0 saturated heterocycles. The van der Waals surface area contributed by atoms with E-state index in [1.54, 1.807) is 23.9 Å². The number of ether oxygens (including phenoxy) is 1. The summed E-state index contributed by atoms with van der Waals surface area (Å²) in [5, 5.41) is 7.87. The Morgan fingerprint density at radius 2 is 1.80 bits per heavy atom. The Morgan fingerprint density at radius 3 is 2.54 bits per heavy atom. The first kappa shape index (κ1) is 22.6. The third-order valence-corrected chi connectivity index (χ3v) is 6.04. The van der Waals surface area contributed by atoms with Crippen LogP contribution >= 0.6 is 11.6 Å². The van der Waals surface area contributed by atoms with E-state index in [9.17, 15) is 4.79 Å². The maximum atomic E-state index is 12.5. The number of nitrogens with zero attached hydrogens (tertiary/aromatic N) is 4. The van der Waals surface area contributed by atoms with Gasteiger partial charge in [-0.2, -0.15) is 4.98 Å². The lowest BCUT2D eigenvalue weighted by molar-refractivity contribution is -0.111. The van der Waals surface area contributed by atoms with Crippen molar-refractivity contribution in [3.63, 3.8) is 0 Å². The smallest absolute Gasteiger partial charge is 0.250 e. The van der Waals surface area contributed by atoms with Crippen LogP contribution in [-0.2, 0) is 4.79 Å². The fraction of sp³-hybridized carbons (Fsp3) is 0.111. The maximum absolute atomic E-state index is 12.5. The lowest BCUT2D eigenvalue weighted by Crippen LogP contribution is -2.21. The van der Waals surface area contributed by atoms with Crippen molar-refractivity contribution in [1.29, 1.82) is 0 Å². The summed E-state index contributed by atoms with van der Waals surface area (Å²) in [6.07, 6.45) is 3.69. The van der Waals surface area contributed by atoms with Crippen LogP contribution in [-0.4, -0.2) is 33.5 Å². The molecule has 1 unspecified atom stereocenters. The quantitative estimate of drug-likeness (QED) is 0.356. The number of halogens is 1. The van der Waals surface area contributed by atoms with Gasteiger partial charge in [-0.05, 0) is 41.0 Å². The van der Waals surface area contributed by atoms with Crippen molar-refractivity contribution in [2.45, 2.75) is 12.5 Å². The van der Waals surface area contributed by atoms with E-state index in [2.05, 4.69) is 15.4 Å². The second-order valence-corrected chi connectivity index (χ2v) is 8.35. The average Bonchev–Trinajstić information content (AvgIpc) is 3.30. The monoisotopic (exact) mass is 483 g/mol. The van der Waals surface area contributed by atoms with E-state index in [-0.39, 0.29) is 17.9 Å². The zero-order valence-electron chi connectivity index (χ0n) is 18.9. The van der Waals surface area contributed by atoms with Gasteiger partial charge in [-0.1, -0.05) is 72.3 Å². The van der Waals surface area contributed by atoms with Crippen molar-refractivity contribution in [3.05, 3.63) is 107 Å². The van der Waals surface area contributed by atoms with E-state index in [1.807, 2.05) is 72.8 Å². The minimum absolute atomic E-state index is 0.138. The molecule has 0 spiro atoms. The number of hydrogen-bond donors (Lipinski definition) is 1. The largest absolute Gasteiger partial charge is 0.497 e. The molecule has 1 aliphatic heterocycles. The summed E-state index contributed by atoms with van der Waals surface area (Å²) in [5.41, 5.74) is 3.71. The molecule has 0 aliphatic carbocycles. The fourth-order valence-corrected chi connectivity index (χ4v) is 4.11. The van der Waals surface area contributed by atoms with E-state index < -0.39 is 0 Å². The predicted octanol–water partition coefficient (Wildman–Crippen LogP) is 5.71. The molecule has 1 amide bonds. The predicted molar refractivity (Wildman–Crippen MR) is 138 cm³/mol. The van der Waals surface area contributed by atoms with Gasteiger partial charge < -0.3 is 4.74 Å². The molecule has 1 N–H and O–H groups in total. The molecule has 2 heterocycles. The van der Waals surface area contributed by atoms with Gasteiger partial charge in [-0.3, -0.25) is 10.1 Å². The van der Waals surface area contributed by atoms with Crippen molar-refractivity contribution in [3.8, 4) is 5.75 Å². The van der Waals surface area contributed by atoms with E-state index in [0.717, 1.165) is 28.2 Å². The molecule has 1 atom stereocenters. The highest BCUT2D eigenvalue weighted by Gasteiger charge is 2.28. The number of rotatable bonds is 6. The van der Waals surface area contributed by atoms with Gasteiger partial charge in [-0.15, -0.1) is 5.10 Å². The molecule has 35 heavy (non-hydrogen) atoms. The van der Waals surface area contributed by atoms with E-state index in [4.69, 9.17) is 21.3 Å². The summed E-state index contributed by atoms with van der Waals surface area (Å²) < 4.78 is 7.06. The number of aliphatic imine (C=N–C) groups is 1. The van der Waals surface area contributed by atoms with Crippen LogP contribution in [0.25, 0.3) is 6.08 Å². The molecule has 5 rings (SSSR count). The Bertz CT molecular complexity index is 1410. The van der Waals surface area contributed by atoms with Crippen molar-refractivity contribution < 1.29 is 9.53 Å². The lowest BCUT2D eigenvalue weighted by Gasteiger charge is -2.23. The highest BCUT2D eigenvalue weighted by Crippen LogP contribution is 2.34. The molecule has 1 aromatic heterocycles. The molecule has 3 aromatic carbocycles. The normalized spacial score (nSPS) is 14.9. The number of amides is 1. The van der Waals surface area contributed by atoms with Crippen LogP contribution in [0.15, 0.2) is 89.9 Å². The number of anilines is 1. The van der Waals surface area contributed by atoms with Gasteiger partial charge in [0, 0.05) is 17.5 Å². The van der Waals surface area contributed by atoms with Crippen LogP contribution in [0.2, 0.25) is 5.02 Å². The molecule has 0 saturated carbocycles. The van der Waals surface area contributed by atoms with E-state index >= 15 is 0 Å². The van der Waals surface area contributed by atoms with Gasteiger partial charge in [0.05, 0.1) is 18.9 Å². The first-order chi connectivity index (χ1) is 17.1. The van der Waals surface area contributed by atoms with E-state index in [0.29, 0.717) is 17.4 Å². The Labute approximate surface area is 207 Å². The lowest BCUT2D eigenvalue weighted by atomic mass is 9.96. The van der Waals surface area contributed by atoms with Crippen molar-refractivity contribution in [2.75, 3.05) is 12.4 Å². The zero-order valence-corrected chi connectivity index (χ0v) is 19.7.